The molecule has 3 nitrogen and oxygen atoms in total. The molecule has 0 saturated carbocycles. The van der Waals surface area contributed by atoms with Gasteiger partial charge in [-0.25, -0.2) is 4.21 Å². The molecule has 0 spiro atoms. The summed E-state index contributed by atoms with van der Waals surface area (Å²) < 4.78 is 19.0. The first-order valence-electron chi connectivity index (χ1n) is 3.11. The van der Waals surface area contributed by atoms with E-state index < -0.39 is 11.1 Å². The number of hydrogen-bond acceptors (Lipinski definition) is 2. The molecule has 0 aromatic carbocycles. The van der Waals surface area contributed by atoms with E-state index in [0.29, 0.717) is 6.54 Å². The van der Waals surface area contributed by atoms with Gasteiger partial charge in [0.05, 0.1) is 5.25 Å². The Labute approximate surface area is 57.1 Å². The van der Waals surface area contributed by atoms with Gasteiger partial charge in [-0.05, 0) is 19.4 Å². The van der Waals surface area contributed by atoms with Crippen molar-refractivity contribution in [1.29, 1.82) is 0 Å². The lowest BCUT2D eigenvalue weighted by molar-refractivity contribution is 0.483. The monoisotopic (exact) mass is 149 g/mol. The van der Waals surface area contributed by atoms with Crippen LogP contribution in [0, 0.1) is 0 Å². The van der Waals surface area contributed by atoms with E-state index in [1.165, 1.54) is 0 Å². The maximum atomic E-state index is 10.4. The van der Waals surface area contributed by atoms with Crippen LogP contribution in [0.3, 0.4) is 0 Å². The van der Waals surface area contributed by atoms with Crippen molar-refractivity contribution >= 4 is 11.1 Å². The van der Waals surface area contributed by atoms with Crippen LogP contribution in [-0.2, 0) is 11.1 Å². The molecule has 1 aliphatic heterocycles. The summed E-state index contributed by atoms with van der Waals surface area (Å²) in [5.41, 5.74) is 0. The van der Waals surface area contributed by atoms with Gasteiger partial charge < -0.3 is 9.87 Å². The van der Waals surface area contributed by atoms with Crippen molar-refractivity contribution in [2.45, 2.75) is 18.1 Å². The van der Waals surface area contributed by atoms with Gasteiger partial charge in [0.15, 0.2) is 11.1 Å². The van der Waals surface area contributed by atoms with Crippen LogP contribution in [0.4, 0.5) is 0 Å². The molecule has 1 rings (SSSR count). The van der Waals surface area contributed by atoms with Gasteiger partial charge in [0.25, 0.3) is 0 Å². The van der Waals surface area contributed by atoms with E-state index in [4.69, 9.17) is 4.55 Å². The van der Waals surface area contributed by atoms with Crippen molar-refractivity contribution in [3.8, 4) is 0 Å². The first kappa shape index (κ1) is 7.18. The topological polar surface area (TPSA) is 49.3 Å². The second-order valence-electron chi connectivity index (χ2n) is 2.24. The number of rotatable bonds is 1. The molecule has 2 N–H and O–H groups in total. The van der Waals surface area contributed by atoms with Crippen molar-refractivity contribution < 1.29 is 8.76 Å². The van der Waals surface area contributed by atoms with E-state index in [9.17, 15) is 4.21 Å². The van der Waals surface area contributed by atoms with E-state index >= 15 is 0 Å². The quantitative estimate of drug-likeness (QED) is 0.514. The van der Waals surface area contributed by atoms with Crippen LogP contribution in [0.25, 0.3) is 0 Å². The Morgan fingerprint density at radius 1 is 1.67 bits per heavy atom. The van der Waals surface area contributed by atoms with E-state index in [0.717, 1.165) is 19.4 Å². The average molecular weight is 149 g/mol. The van der Waals surface area contributed by atoms with Crippen molar-refractivity contribution in [2.75, 3.05) is 13.1 Å². The summed E-state index contributed by atoms with van der Waals surface area (Å²) in [6, 6.07) is 0. The molecule has 4 heteroatoms. The standard InChI is InChI=1S/C5H11NO2S/c7-9(8)5-2-1-3-6-4-5/h5-6H,1-4H2,(H,7,8)/t5-/m1/s1. The van der Waals surface area contributed by atoms with E-state index in [2.05, 4.69) is 5.32 Å². The summed E-state index contributed by atoms with van der Waals surface area (Å²) in [5, 5.41) is 3.03. The Morgan fingerprint density at radius 3 is 2.78 bits per heavy atom. The lowest BCUT2D eigenvalue weighted by Crippen LogP contribution is -2.35. The third kappa shape index (κ3) is 2.04. The number of piperidine rings is 1. The zero-order valence-corrected chi connectivity index (χ0v) is 5.99. The van der Waals surface area contributed by atoms with Gasteiger partial charge in [-0.2, -0.15) is 0 Å². The SMILES string of the molecule is O=S(O)[C@@H]1CCCNC1. The second-order valence-corrected chi connectivity index (χ2v) is 3.46. The second kappa shape index (κ2) is 3.29. The van der Waals surface area contributed by atoms with Crippen molar-refractivity contribution in [3.05, 3.63) is 0 Å². The molecule has 1 unspecified atom stereocenters. The van der Waals surface area contributed by atoms with Crippen LogP contribution in [-0.4, -0.2) is 27.1 Å². The first-order valence-corrected chi connectivity index (χ1v) is 4.28. The minimum atomic E-state index is -1.61. The first-order chi connectivity index (χ1) is 4.30. The van der Waals surface area contributed by atoms with Crippen LogP contribution in [0.15, 0.2) is 0 Å². The molecule has 0 aromatic heterocycles. The molecule has 2 atom stereocenters. The number of hydrogen-bond donors (Lipinski definition) is 2. The predicted molar refractivity (Wildman–Crippen MR) is 36.7 cm³/mol. The molecule has 0 aromatic rings. The molecular weight excluding hydrogens is 138 g/mol. The largest absolute Gasteiger partial charge is 0.315 e. The molecule has 1 fully saturated rings. The highest BCUT2D eigenvalue weighted by Crippen LogP contribution is 2.05. The summed E-state index contributed by atoms with van der Waals surface area (Å²) >= 11 is -1.61. The fourth-order valence-electron chi connectivity index (χ4n) is 0.992. The summed E-state index contributed by atoms with van der Waals surface area (Å²) in [6.07, 6.45) is 1.91. The minimum Gasteiger partial charge on any atom is -0.315 e. The molecule has 0 aliphatic carbocycles. The molecule has 9 heavy (non-hydrogen) atoms. The summed E-state index contributed by atoms with van der Waals surface area (Å²) in [7, 11) is 0. The van der Waals surface area contributed by atoms with Crippen LogP contribution in [0.5, 0.6) is 0 Å². The Bertz CT molecular complexity index is 112. The van der Waals surface area contributed by atoms with Crippen LogP contribution >= 0.6 is 0 Å². The van der Waals surface area contributed by atoms with Crippen molar-refractivity contribution in [3.63, 3.8) is 0 Å². The molecule has 1 aliphatic rings. The molecule has 1 heterocycles. The molecule has 0 radical (unpaired) electrons. The van der Waals surface area contributed by atoms with Crippen LogP contribution < -0.4 is 5.32 Å². The Balaban J connectivity index is 2.31. The van der Waals surface area contributed by atoms with Crippen molar-refractivity contribution in [1.82, 2.24) is 5.32 Å². The third-order valence-corrected chi connectivity index (χ3v) is 2.51. The predicted octanol–water partition coefficient (Wildman–Crippen LogP) is -0.0399. The smallest absolute Gasteiger partial charge is 0.157 e. The van der Waals surface area contributed by atoms with Gasteiger partial charge in [0, 0.05) is 6.54 Å². The third-order valence-electron chi connectivity index (χ3n) is 1.54. The van der Waals surface area contributed by atoms with Crippen molar-refractivity contribution in [2.24, 2.45) is 0 Å². The van der Waals surface area contributed by atoms with E-state index in [1.807, 2.05) is 0 Å². The summed E-state index contributed by atoms with van der Waals surface area (Å²) in [6.45, 7) is 1.69. The Morgan fingerprint density at radius 2 is 2.44 bits per heavy atom. The normalized spacial score (nSPS) is 31.9. The number of nitrogens with one attached hydrogen (secondary N) is 1. The van der Waals surface area contributed by atoms with Gasteiger partial charge in [-0.1, -0.05) is 0 Å². The average Bonchev–Trinajstić information content (AvgIpc) is 1.90. The van der Waals surface area contributed by atoms with Gasteiger partial charge in [0.2, 0.25) is 0 Å². The molecule has 54 valence electrons. The molecule has 1 saturated heterocycles. The minimum absolute atomic E-state index is 0.0289. The van der Waals surface area contributed by atoms with E-state index in [-0.39, 0.29) is 5.25 Å². The van der Waals surface area contributed by atoms with Crippen LogP contribution in [0.1, 0.15) is 12.8 Å². The zero-order chi connectivity index (χ0) is 6.69. The fourth-order valence-corrected chi connectivity index (χ4v) is 1.62. The van der Waals surface area contributed by atoms with Gasteiger partial charge >= 0.3 is 0 Å². The zero-order valence-electron chi connectivity index (χ0n) is 5.17. The van der Waals surface area contributed by atoms with Gasteiger partial charge in [0.1, 0.15) is 0 Å². The highest BCUT2D eigenvalue weighted by Gasteiger charge is 2.17. The summed E-state index contributed by atoms with van der Waals surface area (Å²) in [5.74, 6) is 0. The molecule has 0 bridgehead atoms. The van der Waals surface area contributed by atoms with Gasteiger partial charge in [-0.3, -0.25) is 0 Å². The van der Waals surface area contributed by atoms with E-state index in [1.54, 1.807) is 0 Å². The Hall–Kier alpha value is 0.0700. The fraction of sp³-hybridized carbons (Fsp3) is 1.00. The lowest BCUT2D eigenvalue weighted by atomic mass is 10.2. The molecular formula is C5H11NO2S. The Kier molecular flexibility index (Phi) is 2.63. The lowest BCUT2D eigenvalue weighted by Gasteiger charge is -2.18. The highest BCUT2D eigenvalue weighted by molar-refractivity contribution is 7.79. The summed E-state index contributed by atoms with van der Waals surface area (Å²) in [4.78, 5) is 0. The maximum Gasteiger partial charge on any atom is 0.157 e. The van der Waals surface area contributed by atoms with Gasteiger partial charge in [-0.15, -0.1) is 0 Å². The maximum absolute atomic E-state index is 10.4. The molecule has 0 amide bonds. The highest BCUT2D eigenvalue weighted by atomic mass is 32.2. The van der Waals surface area contributed by atoms with Crippen LogP contribution in [0.2, 0.25) is 0 Å².